The highest BCUT2D eigenvalue weighted by atomic mass is 16.5. The molecule has 0 radical (unpaired) electrons. The largest absolute Gasteiger partial charge is 0.486 e. The highest BCUT2D eigenvalue weighted by Gasteiger charge is 2.10. The molecule has 0 saturated carbocycles. The van der Waals surface area contributed by atoms with Crippen molar-refractivity contribution in [2.75, 3.05) is 0 Å². The standard InChI is InChI=1S/C16H21N3O/c1-19-10-14(9-17)18-16(19)11-20-15-7-6-12-4-2-3-5-13(12)8-15/h6-8,10H,2-5,9,11,17H2,1H3. The van der Waals surface area contributed by atoms with Gasteiger partial charge in [0.15, 0.2) is 0 Å². The van der Waals surface area contributed by atoms with Gasteiger partial charge in [0.1, 0.15) is 18.2 Å². The number of benzene rings is 1. The van der Waals surface area contributed by atoms with E-state index in [0.717, 1.165) is 17.3 Å². The summed E-state index contributed by atoms with van der Waals surface area (Å²) in [5, 5.41) is 0. The number of fused-ring (bicyclic) bond motifs is 1. The van der Waals surface area contributed by atoms with Crippen LogP contribution >= 0.6 is 0 Å². The molecule has 0 unspecified atom stereocenters. The number of rotatable bonds is 4. The predicted molar refractivity (Wildman–Crippen MR) is 78.5 cm³/mol. The second-order valence-corrected chi connectivity index (χ2v) is 5.39. The van der Waals surface area contributed by atoms with Gasteiger partial charge in [0.05, 0.1) is 5.69 Å². The zero-order valence-electron chi connectivity index (χ0n) is 11.9. The molecule has 0 amide bonds. The summed E-state index contributed by atoms with van der Waals surface area (Å²) in [6.45, 7) is 0.946. The van der Waals surface area contributed by atoms with Crippen LogP contribution in [0.1, 0.15) is 35.5 Å². The Morgan fingerprint density at radius 1 is 1.25 bits per heavy atom. The van der Waals surface area contributed by atoms with Gasteiger partial charge in [-0.1, -0.05) is 6.07 Å². The maximum atomic E-state index is 5.87. The van der Waals surface area contributed by atoms with Gasteiger partial charge in [0, 0.05) is 19.8 Å². The van der Waals surface area contributed by atoms with E-state index in [1.807, 2.05) is 17.8 Å². The van der Waals surface area contributed by atoms with E-state index >= 15 is 0 Å². The average molecular weight is 271 g/mol. The lowest BCUT2D eigenvalue weighted by molar-refractivity contribution is 0.291. The van der Waals surface area contributed by atoms with Gasteiger partial charge >= 0.3 is 0 Å². The van der Waals surface area contributed by atoms with Crippen LogP contribution in [0.25, 0.3) is 0 Å². The van der Waals surface area contributed by atoms with Crippen molar-refractivity contribution < 1.29 is 4.74 Å². The first-order valence-corrected chi connectivity index (χ1v) is 7.22. The van der Waals surface area contributed by atoms with E-state index in [9.17, 15) is 0 Å². The lowest BCUT2D eigenvalue weighted by atomic mass is 9.92. The van der Waals surface area contributed by atoms with Crippen LogP contribution in [0.5, 0.6) is 5.75 Å². The number of hydrogen-bond acceptors (Lipinski definition) is 3. The molecule has 0 bridgehead atoms. The maximum Gasteiger partial charge on any atom is 0.146 e. The third-order valence-corrected chi connectivity index (χ3v) is 3.92. The maximum absolute atomic E-state index is 5.87. The Bertz CT molecular complexity index is 604. The van der Waals surface area contributed by atoms with E-state index < -0.39 is 0 Å². The molecule has 1 aliphatic rings. The highest BCUT2D eigenvalue weighted by molar-refractivity contribution is 5.37. The van der Waals surface area contributed by atoms with Gasteiger partial charge in [-0.3, -0.25) is 0 Å². The third kappa shape index (κ3) is 2.70. The van der Waals surface area contributed by atoms with Crippen molar-refractivity contribution in [3.8, 4) is 5.75 Å². The Hall–Kier alpha value is -1.81. The Morgan fingerprint density at radius 2 is 2.05 bits per heavy atom. The van der Waals surface area contributed by atoms with E-state index in [-0.39, 0.29) is 0 Å². The number of imidazole rings is 1. The molecule has 106 valence electrons. The second kappa shape index (κ2) is 5.67. The van der Waals surface area contributed by atoms with Gasteiger partial charge in [0.25, 0.3) is 0 Å². The molecule has 0 fully saturated rings. The molecule has 20 heavy (non-hydrogen) atoms. The zero-order chi connectivity index (χ0) is 13.9. The highest BCUT2D eigenvalue weighted by Crippen LogP contribution is 2.25. The van der Waals surface area contributed by atoms with Crippen molar-refractivity contribution in [2.45, 2.75) is 38.8 Å². The number of ether oxygens (including phenoxy) is 1. The SMILES string of the molecule is Cn1cc(CN)nc1COc1ccc2c(c1)CCCC2. The molecule has 1 aromatic heterocycles. The minimum Gasteiger partial charge on any atom is -0.486 e. The van der Waals surface area contributed by atoms with Gasteiger partial charge in [-0.25, -0.2) is 4.98 Å². The molecular weight excluding hydrogens is 250 g/mol. The molecule has 0 saturated heterocycles. The van der Waals surface area contributed by atoms with Gasteiger partial charge in [-0.05, 0) is 48.9 Å². The summed E-state index contributed by atoms with van der Waals surface area (Å²) in [7, 11) is 1.97. The van der Waals surface area contributed by atoms with E-state index in [0.29, 0.717) is 13.2 Å². The van der Waals surface area contributed by atoms with Gasteiger partial charge in [0.2, 0.25) is 0 Å². The molecular formula is C16H21N3O. The number of nitrogens with two attached hydrogens (primary N) is 1. The predicted octanol–water partition coefficient (Wildman–Crippen LogP) is 2.34. The summed E-state index contributed by atoms with van der Waals surface area (Å²) < 4.78 is 7.85. The molecule has 2 N–H and O–H groups in total. The van der Waals surface area contributed by atoms with Gasteiger partial charge in [-0.15, -0.1) is 0 Å². The van der Waals surface area contributed by atoms with Crippen molar-refractivity contribution in [3.63, 3.8) is 0 Å². The minimum absolute atomic E-state index is 0.465. The molecule has 1 aromatic carbocycles. The fraction of sp³-hybridized carbons (Fsp3) is 0.438. The summed E-state index contributed by atoms with van der Waals surface area (Å²) in [6, 6.07) is 6.45. The molecule has 0 spiro atoms. The third-order valence-electron chi connectivity index (χ3n) is 3.92. The zero-order valence-corrected chi connectivity index (χ0v) is 11.9. The lowest BCUT2D eigenvalue weighted by Gasteiger charge is -2.16. The fourth-order valence-corrected chi connectivity index (χ4v) is 2.75. The van der Waals surface area contributed by atoms with E-state index in [2.05, 4.69) is 23.2 Å². The molecule has 4 nitrogen and oxygen atoms in total. The van der Waals surface area contributed by atoms with Crippen LogP contribution in [0.3, 0.4) is 0 Å². The van der Waals surface area contributed by atoms with Crippen molar-refractivity contribution >= 4 is 0 Å². The summed E-state index contributed by atoms with van der Waals surface area (Å²) in [5.74, 6) is 1.84. The fourth-order valence-electron chi connectivity index (χ4n) is 2.75. The molecule has 3 rings (SSSR count). The number of hydrogen-bond donors (Lipinski definition) is 1. The summed E-state index contributed by atoms with van der Waals surface area (Å²) >= 11 is 0. The van der Waals surface area contributed by atoms with Gasteiger partial charge < -0.3 is 15.0 Å². The quantitative estimate of drug-likeness (QED) is 0.928. The number of nitrogens with zero attached hydrogens (tertiary/aromatic N) is 2. The molecule has 1 aliphatic carbocycles. The van der Waals surface area contributed by atoms with Crippen LogP contribution in [0.2, 0.25) is 0 Å². The molecule has 0 aliphatic heterocycles. The van der Waals surface area contributed by atoms with Crippen molar-refractivity contribution in [1.82, 2.24) is 9.55 Å². The Morgan fingerprint density at radius 3 is 2.80 bits per heavy atom. The normalized spacial score (nSPS) is 14.1. The Kier molecular flexibility index (Phi) is 3.74. The number of aryl methyl sites for hydroxylation is 3. The second-order valence-electron chi connectivity index (χ2n) is 5.39. The topological polar surface area (TPSA) is 53.1 Å². The Balaban J connectivity index is 1.70. The van der Waals surface area contributed by atoms with Crippen molar-refractivity contribution in [1.29, 1.82) is 0 Å². The van der Waals surface area contributed by atoms with Crippen molar-refractivity contribution in [3.05, 3.63) is 47.0 Å². The van der Waals surface area contributed by atoms with Crippen LogP contribution in [-0.4, -0.2) is 9.55 Å². The molecule has 0 atom stereocenters. The molecule has 1 heterocycles. The summed E-state index contributed by atoms with van der Waals surface area (Å²) in [6.07, 6.45) is 6.92. The van der Waals surface area contributed by atoms with E-state index in [1.165, 1.54) is 36.8 Å². The van der Waals surface area contributed by atoms with E-state index in [1.54, 1.807) is 0 Å². The van der Waals surface area contributed by atoms with Crippen LogP contribution in [0, 0.1) is 0 Å². The lowest BCUT2D eigenvalue weighted by Crippen LogP contribution is -2.05. The van der Waals surface area contributed by atoms with Crippen LogP contribution in [0.15, 0.2) is 24.4 Å². The molecule has 4 heteroatoms. The first-order chi connectivity index (χ1) is 9.76. The monoisotopic (exact) mass is 271 g/mol. The van der Waals surface area contributed by atoms with Crippen LogP contribution in [0.4, 0.5) is 0 Å². The minimum atomic E-state index is 0.465. The summed E-state index contributed by atoms with van der Waals surface area (Å²) in [4.78, 5) is 4.44. The summed E-state index contributed by atoms with van der Waals surface area (Å²) in [5.41, 5.74) is 9.42. The van der Waals surface area contributed by atoms with E-state index in [4.69, 9.17) is 10.5 Å². The first-order valence-electron chi connectivity index (χ1n) is 7.22. The van der Waals surface area contributed by atoms with Crippen LogP contribution in [-0.2, 0) is 33.0 Å². The average Bonchev–Trinajstić information content (AvgIpc) is 2.85. The molecule has 2 aromatic rings. The van der Waals surface area contributed by atoms with Crippen molar-refractivity contribution in [2.24, 2.45) is 12.8 Å². The van der Waals surface area contributed by atoms with Crippen LogP contribution < -0.4 is 10.5 Å². The first kappa shape index (κ1) is 13.2. The van der Waals surface area contributed by atoms with Gasteiger partial charge in [-0.2, -0.15) is 0 Å². The Labute approximate surface area is 119 Å². The smallest absolute Gasteiger partial charge is 0.146 e. The number of aromatic nitrogens is 2.